The van der Waals surface area contributed by atoms with Gasteiger partial charge in [0.25, 0.3) is 5.56 Å². The van der Waals surface area contributed by atoms with Crippen molar-refractivity contribution >= 4 is 17.5 Å². The predicted molar refractivity (Wildman–Crippen MR) is 84.0 cm³/mol. The van der Waals surface area contributed by atoms with Gasteiger partial charge in [0.15, 0.2) is 0 Å². The van der Waals surface area contributed by atoms with Crippen LogP contribution in [0, 0.1) is 0 Å². The zero-order valence-electron chi connectivity index (χ0n) is 12.2. The number of carbonyl (C=O) groups is 1. The fraction of sp³-hybridized carbons (Fsp3) is 0.267. The second-order valence-electron chi connectivity index (χ2n) is 4.97. The molecule has 0 spiro atoms. The Balaban J connectivity index is 2.15. The van der Waals surface area contributed by atoms with E-state index >= 15 is 0 Å². The van der Waals surface area contributed by atoms with Crippen LogP contribution in [0.25, 0.3) is 0 Å². The number of hydrogen-bond donors (Lipinski definition) is 1. The third kappa shape index (κ3) is 3.65. The minimum absolute atomic E-state index is 0.142. The number of halogens is 1. The molecule has 2 aromatic rings. The molecular formula is C15H16ClN3O3. The molecule has 1 heterocycles. The van der Waals surface area contributed by atoms with Crippen LogP contribution in [0.1, 0.15) is 18.5 Å². The fourth-order valence-electron chi connectivity index (χ4n) is 2.03. The summed E-state index contributed by atoms with van der Waals surface area (Å²) in [5.74, 6) is -0.248. The molecule has 0 saturated heterocycles. The molecule has 1 aromatic heterocycles. The van der Waals surface area contributed by atoms with Crippen LogP contribution >= 0.6 is 11.6 Å². The zero-order chi connectivity index (χ0) is 16.3. The van der Waals surface area contributed by atoms with Crippen LogP contribution in [0.5, 0.6) is 0 Å². The number of nitrogens with one attached hydrogen (secondary N) is 1. The number of carbonyl (C=O) groups excluding carboxylic acids is 1. The summed E-state index contributed by atoms with van der Waals surface area (Å²) in [7, 11) is 1.66. The van der Waals surface area contributed by atoms with Crippen molar-refractivity contribution in [3.63, 3.8) is 0 Å². The van der Waals surface area contributed by atoms with Crippen molar-refractivity contribution in [3.8, 4) is 0 Å². The molecular weight excluding hydrogens is 306 g/mol. The Hall–Kier alpha value is -2.34. The van der Waals surface area contributed by atoms with E-state index in [2.05, 4.69) is 4.98 Å². The van der Waals surface area contributed by atoms with Gasteiger partial charge in [-0.1, -0.05) is 23.7 Å². The smallest absolute Gasteiger partial charge is 0.328 e. The Bertz CT molecular complexity index is 797. The van der Waals surface area contributed by atoms with Gasteiger partial charge in [-0.3, -0.25) is 19.1 Å². The van der Waals surface area contributed by atoms with Crippen molar-refractivity contribution in [1.29, 1.82) is 0 Å². The van der Waals surface area contributed by atoms with E-state index in [-0.39, 0.29) is 18.5 Å². The summed E-state index contributed by atoms with van der Waals surface area (Å²) in [5, 5.41) is 0.599. The second kappa shape index (κ2) is 6.62. The van der Waals surface area contributed by atoms with Crippen LogP contribution < -0.4 is 11.2 Å². The lowest BCUT2D eigenvalue weighted by Crippen LogP contribution is -2.37. The van der Waals surface area contributed by atoms with Crippen LogP contribution in [0.2, 0.25) is 5.02 Å². The average molecular weight is 322 g/mol. The third-order valence-electron chi connectivity index (χ3n) is 3.51. The highest BCUT2D eigenvalue weighted by atomic mass is 35.5. The number of H-pyrrole nitrogens is 1. The Morgan fingerprint density at radius 2 is 2.09 bits per heavy atom. The Labute approximate surface area is 132 Å². The molecule has 0 aliphatic rings. The summed E-state index contributed by atoms with van der Waals surface area (Å²) in [6.45, 7) is 1.73. The van der Waals surface area contributed by atoms with Gasteiger partial charge in [0.05, 0.1) is 6.04 Å². The van der Waals surface area contributed by atoms with Gasteiger partial charge in [0.1, 0.15) is 6.54 Å². The quantitative estimate of drug-likeness (QED) is 0.925. The van der Waals surface area contributed by atoms with Gasteiger partial charge in [0, 0.05) is 24.3 Å². The van der Waals surface area contributed by atoms with E-state index in [0.717, 1.165) is 10.1 Å². The molecule has 1 N–H and O–H groups in total. The first kappa shape index (κ1) is 16.0. The molecule has 1 atom stereocenters. The number of benzene rings is 1. The molecule has 0 bridgehead atoms. The lowest BCUT2D eigenvalue weighted by Gasteiger charge is -2.25. The first-order chi connectivity index (χ1) is 10.4. The van der Waals surface area contributed by atoms with Gasteiger partial charge in [-0.2, -0.15) is 0 Å². The molecule has 6 nitrogen and oxygen atoms in total. The van der Waals surface area contributed by atoms with E-state index in [9.17, 15) is 14.4 Å². The first-order valence-electron chi connectivity index (χ1n) is 6.69. The topological polar surface area (TPSA) is 75.2 Å². The SMILES string of the molecule is C[C@@H](c1cccc(Cl)c1)N(C)C(=O)Cn1ccc(=O)[nH]c1=O. The second-order valence-corrected chi connectivity index (χ2v) is 5.41. The largest absolute Gasteiger partial charge is 0.337 e. The Morgan fingerprint density at radius 1 is 1.36 bits per heavy atom. The van der Waals surface area contributed by atoms with Crippen LogP contribution in [-0.4, -0.2) is 27.4 Å². The van der Waals surface area contributed by atoms with Crippen LogP contribution in [0.3, 0.4) is 0 Å². The van der Waals surface area contributed by atoms with Crippen LogP contribution in [0.15, 0.2) is 46.1 Å². The van der Waals surface area contributed by atoms with E-state index in [4.69, 9.17) is 11.6 Å². The van der Waals surface area contributed by atoms with Crippen LogP contribution in [0.4, 0.5) is 0 Å². The summed E-state index contributed by atoms with van der Waals surface area (Å²) < 4.78 is 1.16. The van der Waals surface area contributed by atoms with Crippen molar-refractivity contribution in [2.24, 2.45) is 0 Å². The van der Waals surface area contributed by atoms with E-state index in [1.165, 1.54) is 17.2 Å². The molecule has 0 radical (unpaired) electrons. The van der Waals surface area contributed by atoms with E-state index in [1.807, 2.05) is 19.1 Å². The lowest BCUT2D eigenvalue weighted by molar-refractivity contribution is -0.132. The average Bonchev–Trinajstić information content (AvgIpc) is 2.48. The van der Waals surface area contributed by atoms with Crippen molar-refractivity contribution in [3.05, 3.63) is 68.0 Å². The number of hydrogen-bond acceptors (Lipinski definition) is 3. The van der Waals surface area contributed by atoms with Crippen molar-refractivity contribution < 1.29 is 4.79 Å². The van der Waals surface area contributed by atoms with E-state index in [0.29, 0.717) is 5.02 Å². The minimum Gasteiger partial charge on any atom is -0.337 e. The molecule has 116 valence electrons. The Kier molecular flexibility index (Phi) is 4.82. The fourth-order valence-corrected chi connectivity index (χ4v) is 2.23. The van der Waals surface area contributed by atoms with Crippen LogP contribution in [-0.2, 0) is 11.3 Å². The number of nitrogens with zero attached hydrogens (tertiary/aromatic N) is 2. The molecule has 0 aliphatic carbocycles. The van der Waals surface area contributed by atoms with Gasteiger partial charge >= 0.3 is 5.69 Å². The highest BCUT2D eigenvalue weighted by Gasteiger charge is 2.18. The molecule has 0 saturated carbocycles. The molecule has 1 amide bonds. The van der Waals surface area contributed by atoms with E-state index in [1.54, 1.807) is 19.2 Å². The maximum absolute atomic E-state index is 12.3. The number of aromatic amines is 1. The number of rotatable bonds is 4. The van der Waals surface area contributed by atoms with Gasteiger partial charge in [-0.05, 0) is 24.6 Å². The van der Waals surface area contributed by atoms with E-state index < -0.39 is 11.2 Å². The highest BCUT2D eigenvalue weighted by molar-refractivity contribution is 6.30. The van der Waals surface area contributed by atoms with Gasteiger partial charge < -0.3 is 4.90 Å². The van der Waals surface area contributed by atoms with Gasteiger partial charge in [0.2, 0.25) is 5.91 Å². The summed E-state index contributed by atoms with van der Waals surface area (Å²) >= 11 is 5.96. The summed E-state index contributed by atoms with van der Waals surface area (Å²) in [6, 6.07) is 8.27. The minimum atomic E-state index is -0.607. The van der Waals surface area contributed by atoms with Gasteiger partial charge in [-0.15, -0.1) is 0 Å². The highest BCUT2D eigenvalue weighted by Crippen LogP contribution is 2.21. The maximum Gasteiger partial charge on any atom is 0.328 e. The number of aromatic nitrogens is 2. The standard InChI is InChI=1S/C15H16ClN3O3/c1-10(11-4-3-5-12(16)8-11)18(2)14(21)9-19-7-6-13(20)17-15(19)22/h3-8,10H,9H2,1-2H3,(H,17,20,22)/t10-/m0/s1. The van der Waals surface area contributed by atoms with Crippen molar-refractivity contribution in [1.82, 2.24) is 14.5 Å². The summed E-state index contributed by atoms with van der Waals surface area (Å²) in [6.07, 6.45) is 1.30. The molecule has 0 aliphatic heterocycles. The number of likely N-dealkylation sites (N-methyl/N-ethyl adjacent to an activating group) is 1. The Morgan fingerprint density at radius 3 is 2.73 bits per heavy atom. The maximum atomic E-state index is 12.3. The van der Waals surface area contributed by atoms with Crippen molar-refractivity contribution in [2.75, 3.05) is 7.05 Å². The predicted octanol–water partition coefficient (Wildman–Crippen LogP) is 1.41. The molecule has 0 fully saturated rings. The lowest BCUT2D eigenvalue weighted by atomic mass is 10.1. The third-order valence-corrected chi connectivity index (χ3v) is 3.74. The van der Waals surface area contributed by atoms with Crippen molar-refractivity contribution in [2.45, 2.75) is 19.5 Å². The normalized spacial score (nSPS) is 12.0. The summed E-state index contributed by atoms with van der Waals surface area (Å²) in [5.41, 5.74) is -0.198. The van der Waals surface area contributed by atoms with Gasteiger partial charge in [-0.25, -0.2) is 4.79 Å². The molecule has 1 aromatic carbocycles. The number of amides is 1. The monoisotopic (exact) mass is 321 g/mol. The molecule has 0 unspecified atom stereocenters. The summed E-state index contributed by atoms with van der Waals surface area (Å²) in [4.78, 5) is 38.5. The first-order valence-corrected chi connectivity index (χ1v) is 7.07. The molecule has 22 heavy (non-hydrogen) atoms. The zero-order valence-corrected chi connectivity index (χ0v) is 13.0. The molecule has 7 heteroatoms. The molecule has 2 rings (SSSR count).